The summed E-state index contributed by atoms with van der Waals surface area (Å²) in [6.07, 6.45) is 4.36. The SMILES string of the molecule is Cc1cc(NC2CCN(c3ncccc3F)C2)ncc1Br. The molecule has 0 spiro atoms. The van der Waals surface area contributed by atoms with Crippen molar-refractivity contribution in [2.24, 2.45) is 0 Å². The van der Waals surface area contributed by atoms with Crippen LogP contribution in [0.25, 0.3) is 0 Å². The molecule has 0 aromatic carbocycles. The van der Waals surface area contributed by atoms with E-state index in [4.69, 9.17) is 0 Å². The second-order valence-electron chi connectivity index (χ2n) is 5.20. The Labute approximate surface area is 131 Å². The van der Waals surface area contributed by atoms with Crippen LogP contribution in [0.3, 0.4) is 0 Å². The molecule has 0 radical (unpaired) electrons. The van der Waals surface area contributed by atoms with E-state index in [0.717, 1.165) is 35.4 Å². The fourth-order valence-corrected chi connectivity index (χ4v) is 2.72. The highest BCUT2D eigenvalue weighted by atomic mass is 79.9. The predicted molar refractivity (Wildman–Crippen MR) is 85.1 cm³/mol. The number of halogens is 2. The maximum atomic E-state index is 13.8. The summed E-state index contributed by atoms with van der Waals surface area (Å²) in [7, 11) is 0. The van der Waals surface area contributed by atoms with Crippen LogP contribution < -0.4 is 10.2 Å². The van der Waals surface area contributed by atoms with E-state index in [1.165, 1.54) is 6.07 Å². The van der Waals surface area contributed by atoms with E-state index in [-0.39, 0.29) is 11.9 Å². The van der Waals surface area contributed by atoms with Crippen LogP contribution in [0.4, 0.5) is 16.0 Å². The summed E-state index contributed by atoms with van der Waals surface area (Å²) in [5, 5.41) is 3.40. The van der Waals surface area contributed by atoms with Crippen LogP contribution in [0.2, 0.25) is 0 Å². The Morgan fingerprint density at radius 2 is 2.29 bits per heavy atom. The number of nitrogens with zero attached hydrogens (tertiary/aromatic N) is 3. The Hall–Kier alpha value is -1.69. The molecule has 1 aliphatic heterocycles. The Morgan fingerprint density at radius 3 is 3.05 bits per heavy atom. The van der Waals surface area contributed by atoms with Gasteiger partial charge in [-0.3, -0.25) is 0 Å². The van der Waals surface area contributed by atoms with Crippen molar-refractivity contribution in [3.05, 3.63) is 46.4 Å². The fourth-order valence-electron chi connectivity index (χ4n) is 2.51. The average molecular weight is 351 g/mol. The average Bonchev–Trinajstić information content (AvgIpc) is 2.92. The van der Waals surface area contributed by atoms with Crippen molar-refractivity contribution < 1.29 is 4.39 Å². The topological polar surface area (TPSA) is 41.0 Å². The van der Waals surface area contributed by atoms with E-state index in [0.29, 0.717) is 5.82 Å². The van der Waals surface area contributed by atoms with Crippen LogP contribution in [-0.4, -0.2) is 29.1 Å². The Kier molecular flexibility index (Phi) is 4.05. The van der Waals surface area contributed by atoms with Gasteiger partial charge in [0, 0.05) is 36.0 Å². The largest absolute Gasteiger partial charge is 0.365 e. The van der Waals surface area contributed by atoms with Crippen molar-refractivity contribution in [2.75, 3.05) is 23.3 Å². The van der Waals surface area contributed by atoms with Crippen LogP contribution in [-0.2, 0) is 0 Å². The van der Waals surface area contributed by atoms with Gasteiger partial charge in [0.1, 0.15) is 5.82 Å². The standard InChI is InChI=1S/C15H16BrFN4/c1-10-7-14(19-8-12(10)16)20-11-4-6-21(9-11)15-13(17)3-2-5-18-15/h2-3,5,7-8,11H,4,6,9H2,1H3,(H,19,20). The molecule has 1 fully saturated rings. The fraction of sp³-hybridized carbons (Fsp3) is 0.333. The van der Waals surface area contributed by atoms with E-state index < -0.39 is 0 Å². The smallest absolute Gasteiger partial charge is 0.165 e. The quantitative estimate of drug-likeness (QED) is 0.921. The van der Waals surface area contributed by atoms with Gasteiger partial charge in [-0.1, -0.05) is 0 Å². The van der Waals surface area contributed by atoms with Crippen molar-refractivity contribution in [2.45, 2.75) is 19.4 Å². The monoisotopic (exact) mass is 350 g/mol. The normalized spacial score (nSPS) is 18.0. The molecule has 1 N–H and O–H groups in total. The lowest BCUT2D eigenvalue weighted by atomic mass is 10.2. The highest BCUT2D eigenvalue weighted by Gasteiger charge is 2.25. The Morgan fingerprint density at radius 1 is 1.43 bits per heavy atom. The van der Waals surface area contributed by atoms with Crippen LogP contribution in [0.15, 0.2) is 35.1 Å². The van der Waals surface area contributed by atoms with E-state index in [2.05, 4.69) is 31.2 Å². The molecule has 1 unspecified atom stereocenters. The number of hydrogen-bond donors (Lipinski definition) is 1. The lowest BCUT2D eigenvalue weighted by molar-refractivity contribution is 0.615. The maximum Gasteiger partial charge on any atom is 0.165 e. The zero-order valence-electron chi connectivity index (χ0n) is 11.7. The van der Waals surface area contributed by atoms with E-state index >= 15 is 0 Å². The van der Waals surface area contributed by atoms with Gasteiger partial charge in [-0.25, -0.2) is 14.4 Å². The molecule has 0 amide bonds. The molecule has 0 saturated carbocycles. The first-order valence-corrected chi connectivity index (χ1v) is 7.67. The second kappa shape index (κ2) is 5.97. The molecule has 2 aromatic rings. The van der Waals surface area contributed by atoms with Crippen molar-refractivity contribution in [3.63, 3.8) is 0 Å². The molecule has 3 heterocycles. The van der Waals surface area contributed by atoms with Gasteiger partial charge >= 0.3 is 0 Å². The number of nitrogens with one attached hydrogen (secondary N) is 1. The van der Waals surface area contributed by atoms with Gasteiger partial charge < -0.3 is 10.2 Å². The molecule has 2 aromatic heterocycles. The number of anilines is 2. The van der Waals surface area contributed by atoms with Gasteiger partial charge in [0.2, 0.25) is 0 Å². The first-order chi connectivity index (χ1) is 10.1. The van der Waals surface area contributed by atoms with E-state index in [1.54, 1.807) is 18.5 Å². The molecule has 3 rings (SSSR count). The summed E-state index contributed by atoms with van der Waals surface area (Å²) in [5.74, 6) is 1.02. The number of pyridine rings is 2. The molecule has 4 nitrogen and oxygen atoms in total. The van der Waals surface area contributed by atoms with Crippen molar-refractivity contribution in [1.82, 2.24) is 9.97 Å². The predicted octanol–water partition coefficient (Wildman–Crippen LogP) is 3.38. The number of rotatable bonds is 3. The molecule has 6 heteroatoms. The van der Waals surface area contributed by atoms with Crippen LogP contribution in [0.1, 0.15) is 12.0 Å². The molecular formula is C15H16BrFN4. The molecule has 1 aliphatic rings. The van der Waals surface area contributed by atoms with Crippen LogP contribution >= 0.6 is 15.9 Å². The molecule has 110 valence electrons. The van der Waals surface area contributed by atoms with Crippen molar-refractivity contribution in [3.8, 4) is 0 Å². The van der Waals surface area contributed by atoms with Crippen molar-refractivity contribution >= 4 is 27.6 Å². The highest BCUT2D eigenvalue weighted by molar-refractivity contribution is 9.10. The Balaban J connectivity index is 1.67. The minimum atomic E-state index is -0.268. The summed E-state index contributed by atoms with van der Waals surface area (Å²) >= 11 is 3.44. The molecule has 1 atom stereocenters. The highest BCUT2D eigenvalue weighted by Crippen LogP contribution is 2.23. The third kappa shape index (κ3) is 3.15. The van der Waals surface area contributed by atoms with Crippen LogP contribution in [0, 0.1) is 12.7 Å². The molecule has 1 saturated heterocycles. The first kappa shape index (κ1) is 14.3. The lowest BCUT2D eigenvalue weighted by Crippen LogP contribution is -2.27. The van der Waals surface area contributed by atoms with Gasteiger partial charge in [0.15, 0.2) is 11.6 Å². The maximum absolute atomic E-state index is 13.8. The minimum Gasteiger partial charge on any atom is -0.365 e. The third-order valence-electron chi connectivity index (χ3n) is 3.63. The summed E-state index contributed by atoms with van der Waals surface area (Å²) < 4.78 is 14.7. The summed E-state index contributed by atoms with van der Waals surface area (Å²) in [6, 6.07) is 5.31. The zero-order chi connectivity index (χ0) is 14.8. The van der Waals surface area contributed by atoms with Gasteiger partial charge in [-0.05, 0) is 53.0 Å². The van der Waals surface area contributed by atoms with Gasteiger partial charge in [-0.15, -0.1) is 0 Å². The third-order valence-corrected chi connectivity index (χ3v) is 4.46. The molecule has 0 bridgehead atoms. The van der Waals surface area contributed by atoms with Gasteiger partial charge in [0.25, 0.3) is 0 Å². The summed E-state index contributed by atoms with van der Waals surface area (Å²) in [6.45, 7) is 3.55. The Bertz CT molecular complexity index is 649. The first-order valence-electron chi connectivity index (χ1n) is 6.87. The van der Waals surface area contributed by atoms with E-state index in [9.17, 15) is 4.39 Å². The lowest BCUT2D eigenvalue weighted by Gasteiger charge is -2.18. The number of hydrogen-bond acceptors (Lipinski definition) is 4. The summed E-state index contributed by atoms with van der Waals surface area (Å²) in [5.41, 5.74) is 1.14. The van der Waals surface area contributed by atoms with E-state index in [1.807, 2.05) is 17.9 Å². The molecule has 0 aliphatic carbocycles. The second-order valence-corrected chi connectivity index (χ2v) is 6.06. The number of aryl methyl sites for hydroxylation is 1. The van der Waals surface area contributed by atoms with Gasteiger partial charge in [-0.2, -0.15) is 0 Å². The summed E-state index contributed by atoms with van der Waals surface area (Å²) in [4.78, 5) is 10.5. The molecule has 21 heavy (non-hydrogen) atoms. The van der Waals surface area contributed by atoms with Crippen LogP contribution in [0.5, 0.6) is 0 Å². The van der Waals surface area contributed by atoms with Crippen molar-refractivity contribution in [1.29, 1.82) is 0 Å². The molecular weight excluding hydrogens is 335 g/mol. The van der Waals surface area contributed by atoms with Gasteiger partial charge in [0.05, 0.1) is 0 Å². The number of aromatic nitrogens is 2. The zero-order valence-corrected chi connectivity index (χ0v) is 13.3. The minimum absolute atomic E-state index is 0.250.